The smallest absolute Gasteiger partial charge is 0.169 e. The molecule has 0 aliphatic carbocycles. The van der Waals surface area contributed by atoms with E-state index in [1.807, 2.05) is 24.3 Å². The van der Waals surface area contributed by atoms with E-state index in [1.165, 1.54) is 5.56 Å². The first kappa shape index (κ1) is 10.7. The van der Waals surface area contributed by atoms with Crippen LogP contribution in [0.25, 0.3) is 0 Å². The molecule has 1 aromatic heterocycles. The number of anilines is 1. The van der Waals surface area contributed by atoms with Gasteiger partial charge in [-0.3, -0.25) is 0 Å². The number of ether oxygens (including phenoxy) is 1. The van der Waals surface area contributed by atoms with Crippen LogP contribution < -0.4 is 10.1 Å². The predicted molar refractivity (Wildman–Crippen MR) is 69.4 cm³/mol. The Labute approximate surface area is 108 Å². The molecule has 4 heteroatoms. The van der Waals surface area contributed by atoms with Crippen LogP contribution >= 0.6 is 15.9 Å². The second-order valence-electron chi connectivity index (χ2n) is 3.98. The molecule has 0 amide bonds. The molecule has 0 unspecified atom stereocenters. The number of benzene rings is 1. The number of rotatable bonds is 3. The van der Waals surface area contributed by atoms with E-state index in [0.29, 0.717) is 6.54 Å². The van der Waals surface area contributed by atoms with Gasteiger partial charge >= 0.3 is 0 Å². The van der Waals surface area contributed by atoms with Crippen molar-refractivity contribution in [3.8, 4) is 5.75 Å². The third-order valence-electron chi connectivity index (χ3n) is 2.79. The van der Waals surface area contributed by atoms with Crippen LogP contribution in [-0.2, 0) is 13.0 Å². The second-order valence-corrected chi connectivity index (χ2v) is 4.76. The largest absolute Gasteiger partial charge is 0.493 e. The Kier molecular flexibility index (Phi) is 2.81. The van der Waals surface area contributed by atoms with E-state index in [-0.39, 0.29) is 0 Å². The minimum absolute atomic E-state index is 0.686. The van der Waals surface area contributed by atoms with Crippen molar-refractivity contribution in [3.63, 3.8) is 0 Å². The van der Waals surface area contributed by atoms with E-state index in [4.69, 9.17) is 9.15 Å². The lowest BCUT2D eigenvalue weighted by atomic mass is 10.1. The molecule has 3 rings (SSSR count). The van der Waals surface area contributed by atoms with Gasteiger partial charge in [-0.1, -0.05) is 0 Å². The van der Waals surface area contributed by atoms with Crippen molar-refractivity contribution in [2.45, 2.75) is 13.0 Å². The molecule has 2 heterocycles. The quantitative estimate of drug-likeness (QED) is 0.939. The summed E-state index contributed by atoms with van der Waals surface area (Å²) in [7, 11) is 0. The summed E-state index contributed by atoms with van der Waals surface area (Å²) in [5.74, 6) is 1.92. The highest BCUT2D eigenvalue weighted by atomic mass is 79.9. The van der Waals surface area contributed by atoms with Gasteiger partial charge in [0.1, 0.15) is 11.5 Å². The van der Waals surface area contributed by atoms with E-state index in [1.54, 1.807) is 0 Å². The summed E-state index contributed by atoms with van der Waals surface area (Å²) in [6, 6.07) is 10.0. The summed E-state index contributed by atoms with van der Waals surface area (Å²) < 4.78 is 11.7. The minimum atomic E-state index is 0.686. The molecule has 0 fully saturated rings. The van der Waals surface area contributed by atoms with Crippen molar-refractivity contribution in [3.05, 3.63) is 46.3 Å². The van der Waals surface area contributed by atoms with Gasteiger partial charge in [0, 0.05) is 12.1 Å². The molecular formula is C13H12BrNO2. The van der Waals surface area contributed by atoms with Gasteiger partial charge in [-0.15, -0.1) is 0 Å². The zero-order chi connectivity index (χ0) is 11.7. The summed E-state index contributed by atoms with van der Waals surface area (Å²) in [6.07, 6.45) is 0.997. The zero-order valence-electron chi connectivity index (χ0n) is 9.20. The van der Waals surface area contributed by atoms with Crippen molar-refractivity contribution < 1.29 is 9.15 Å². The number of fused-ring (bicyclic) bond motifs is 1. The van der Waals surface area contributed by atoms with Gasteiger partial charge in [0.15, 0.2) is 4.67 Å². The maximum Gasteiger partial charge on any atom is 0.169 e. The van der Waals surface area contributed by atoms with Crippen LogP contribution in [0.5, 0.6) is 5.75 Å². The van der Waals surface area contributed by atoms with Crippen molar-refractivity contribution in [1.29, 1.82) is 0 Å². The van der Waals surface area contributed by atoms with Gasteiger partial charge in [0.2, 0.25) is 0 Å². The zero-order valence-corrected chi connectivity index (χ0v) is 10.8. The Hall–Kier alpha value is -1.42. The fraction of sp³-hybridized carbons (Fsp3) is 0.231. The SMILES string of the molecule is Brc1ccc(CNc2ccc3c(c2)CCO3)o1. The Morgan fingerprint density at radius 2 is 2.18 bits per heavy atom. The molecule has 3 nitrogen and oxygen atoms in total. The van der Waals surface area contributed by atoms with Crippen LogP contribution in [0, 0.1) is 0 Å². The Morgan fingerprint density at radius 3 is 3.00 bits per heavy atom. The van der Waals surface area contributed by atoms with Crippen molar-refractivity contribution in [2.75, 3.05) is 11.9 Å². The van der Waals surface area contributed by atoms with Crippen LogP contribution in [0.3, 0.4) is 0 Å². The fourth-order valence-corrected chi connectivity index (χ4v) is 2.27. The molecule has 0 atom stereocenters. The van der Waals surface area contributed by atoms with E-state index >= 15 is 0 Å². The normalized spacial score (nSPS) is 13.2. The second kappa shape index (κ2) is 4.45. The maximum atomic E-state index is 5.47. The van der Waals surface area contributed by atoms with Gasteiger partial charge in [-0.05, 0) is 51.8 Å². The van der Waals surface area contributed by atoms with Gasteiger partial charge in [-0.25, -0.2) is 0 Å². The number of hydrogen-bond acceptors (Lipinski definition) is 3. The third-order valence-corrected chi connectivity index (χ3v) is 3.21. The molecular weight excluding hydrogens is 282 g/mol. The number of furan rings is 1. The topological polar surface area (TPSA) is 34.4 Å². The van der Waals surface area contributed by atoms with E-state index in [9.17, 15) is 0 Å². The summed E-state index contributed by atoms with van der Waals surface area (Å²) >= 11 is 3.29. The summed E-state index contributed by atoms with van der Waals surface area (Å²) in [5, 5.41) is 3.33. The van der Waals surface area contributed by atoms with Crippen molar-refractivity contribution in [1.82, 2.24) is 0 Å². The monoisotopic (exact) mass is 293 g/mol. The number of halogens is 1. The molecule has 0 bridgehead atoms. The van der Waals surface area contributed by atoms with Crippen molar-refractivity contribution >= 4 is 21.6 Å². The minimum Gasteiger partial charge on any atom is -0.493 e. The number of hydrogen-bond donors (Lipinski definition) is 1. The van der Waals surface area contributed by atoms with E-state index < -0.39 is 0 Å². The highest BCUT2D eigenvalue weighted by Crippen LogP contribution is 2.28. The highest BCUT2D eigenvalue weighted by molar-refractivity contribution is 9.10. The average molecular weight is 294 g/mol. The van der Waals surface area contributed by atoms with Crippen LogP contribution in [0.4, 0.5) is 5.69 Å². The Bertz CT molecular complexity index is 536. The summed E-state index contributed by atoms with van der Waals surface area (Å²) in [5.41, 5.74) is 2.37. The lowest BCUT2D eigenvalue weighted by molar-refractivity contribution is 0.357. The molecule has 1 aromatic carbocycles. The molecule has 0 saturated carbocycles. The maximum absolute atomic E-state index is 5.47. The first-order valence-electron chi connectivity index (χ1n) is 5.55. The van der Waals surface area contributed by atoms with Gasteiger partial charge in [0.25, 0.3) is 0 Å². The predicted octanol–water partition coefficient (Wildman–Crippen LogP) is 3.59. The lowest BCUT2D eigenvalue weighted by Crippen LogP contribution is -1.98. The van der Waals surface area contributed by atoms with Gasteiger partial charge < -0.3 is 14.5 Å². The highest BCUT2D eigenvalue weighted by Gasteiger charge is 2.11. The van der Waals surface area contributed by atoms with Crippen LogP contribution in [0.1, 0.15) is 11.3 Å². The van der Waals surface area contributed by atoms with E-state index in [2.05, 4.69) is 27.3 Å². The van der Waals surface area contributed by atoms with Crippen LogP contribution in [-0.4, -0.2) is 6.61 Å². The molecule has 1 aliphatic rings. The third kappa shape index (κ3) is 2.31. The Balaban J connectivity index is 1.69. The van der Waals surface area contributed by atoms with E-state index in [0.717, 1.165) is 34.9 Å². The average Bonchev–Trinajstić information content (AvgIpc) is 2.94. The lowest BCUT2D eigenvalue weighted by Gasteiger charge is -2.06. The molecule has 0 saturated heterocycles. The molecule has 1 N–H and O–H groups in total. The van der Waals surface area contributed by atoms with Gasteiger partial charge in [-0.2, -0.15) is 0 Å². The van der Waals surface area contributed by atoms with Crippen molar-refractivity contribution in [2.24, 2.45) is 0 Å². The molecule has 17 heavy (non-hydrogen) atoms. The van der Waals surface area contributed by atoms with Gasteiger partial charge in [0.05, 0.1) is 13.2 Å². The molecule has 88 valence electrons. The number of nitrogens with one attached hydrogen (secondary N) is 1. The first-order chi connectivity index (χ1) is 8.31. The summed E-state index contributed by atoms with van der Waals surface area (Å²) in [6.45, 7) is 1.48. The molecule has 0 radical (unpaired) electrons. The molecule has 0 spiro atoms. The van der Waals surface area contributed by atoms with Crippen LogP contribution in [0.2, 0.25) is 0 Å². The Morgan fingerprint density at radius 1 is 1.24 bits per heavy atom. The first-order valence-corrected chi connectivity index (χ1v) is 6.34. The molecule has 1 aliphatic heterocycles. The molecule has 2 aromatic rings. The van der Waals surface area contributed by atoms with Crippen LogP contribution in [0.15, 0.2) is 39.4 Å². The summed E-state index contributed by atoms with van der Waals surface area (Å²) in [4.78, 5) is 0. The standard InChI is InChI=1S/C13H12BrNO2/c14-13-4-2-11(17-13)8-15-10-1-3-12-9(7-10)5-6-16-12/h1-4,7,15H,5-6,8H2. The fourth-order valence-electron chi connectivity index (χ4n) is 1.93.